The molecule has 0 aliphatic rings. The summed E-state index contributed by atoms with van der Waals surface area (Å²) in [6, 6.07) is 19.2. The molecule has 92 valence electrons. The van der Waals surface area contributed by atoms with Crippen LogP contribution in [0.15, 0.2) is 65.8 Å². The van der Waals surface area contributed by atoms with Gasteiger partial charge in [0.25, 0.3) is 0 Å². The fraction of sp³-hybridized carbons (Fsp3) is 0.125. The summed E-state index contributed by atoms with van der Waals surface area (Å²) in [7, 11) is 0. The molecule has 0 bridgehead atoms. The van der Waals surface area contributed by atoms with Crippen molar-refractivity contribution in [3.8, 4) is 11.8 Å². The minimum atomic E-state index is -0.234. The lowest BCUT2D eigenvalue weighted by atomic mass is 10.0. The van der Waals surface area contributed by atoms with Gasteiger partial charge in [0.05, 0.1) is 6.04 Å². The Hall–Kier alpha value is -2.69. The molecule has 0 spiro atoms. The molecule has 3 nitrogen and oxygen atoms in total. The van der Waals surface area contributed by atoms with Gasteiger partial charge in [-0.25, -0.2) is 0 Å². The van der Waals surface area contributed by atoms with Gasteiger partial charge in [0, 0.05) is 16.9 Å². The Labute approximate surface area is 112 Å². The summed E-state index contributed by atoms with van der Waals surface area (Å²) in [5.41, 5.74) is 10.6. The van der Waals surface area contributed by atoms with Gasteiger partial charge in [-0.1, -0.05) is 65.5 Å². The van der Waals surface area contributed by atoms with E-state index in [0.29, 0.717) is 6.42 Å². The molecule has 0 saturated carbocycles. The van der Waals surface area contributed by atoms with Gasteiger partial charge in [-0.15, -0.1) is 0 Å². The van der Waals surface area contributed by atoms with E-state index in [4.69, 9.17) is 5.53 Å². The fourth-order valence-corrected chi connectivity index (χ4v) is 1.73. The van der Waals surface area contributed by atoms with Gasteiger partial charge in [0.1, 0.15) is 0 Å². The van der Waals surface area contributed by atoms with Crippen LogP contribution in [0, 0.1) is 11.8 Å². The monoisotopic (exact) mass is 247 g/mol. The van der Waals surface area contributed by atoms with E-state index in [1.54, 1.807) is 0 Å². The molecule has 3 heteroatoms. The predicted molar refractivity (Wildman–Crippen MR) is 76.3 cm³/mol. The molecule has 0 aromatic heterocycles. The van der Waals surface area contributed by atoms with E-state index >= 15 is 0 Å². The summed E-state index contributed by atoms with van der Waals surface area (Å²) in [5, 5.41) is 3.80. The van der Waals surface area contributed by atoms with Gasteiger partial charge in [0.2, 0.25) is 0 Å². The van der Waals surface area contributed by atoms with Gasteiger partial charge in [0.15, 0.2) is 0 Å². The van der Waals surface area contributed by atoms with Crippen molar-refractivity contribution in [2.24, 2.45) is 5.11 Å². The number of hydrogen-bond donors (Lipinski definition) is 0. The number of nitrogens with zero attached hydrogens (tertiary/aromatic N) is 3. The lowest BCUT2D eigenvalue weighted by molar-refractivity contribution is 0.746. The van der Waals surface area contributed by atoms with Crippen molar-refractivity contribution < 1.29 is 0 Å². The quantitative estimate of drug-likeness (QED) is 0.332. The van der Waals surface area contributed by atoms with Crippen LogP contribution in [0.1, 0.15) is 23.6 Å². The van der Waals surface area contributed by atoms with Crippen LogP contribution < -0.4 is 0 Å². The maximum Gasteiger partial charge on any atom is 0.0734 e. The zero-order valence-electron chi connectivity index (χ0n) is 10.4. The summed E-state index contributed by atoms with van der Waals surface area (Å²) in [6.07, 6.45) is 0.517. The van der Waals surface area contributed by atoms with Crippen molar-refractivity contribution >= 4 is 0 Å². The predicted octanol–water partition coefficient (Wildman–Crippen LogP) is 4.48. The SMILES string of the molecule is [N-]=[N+]=NC(CC#Cc1ccccc1)c1ccccc1. The lowest BCUT2D eigenvalue weighted by Gasteiger charge is -2.06. The highest BCUT2D eigenvalue weighted by atomic mass is 15.1. The van der Waals surface area contributed by atoms with Crippen molar-refractivity contribution in [1.82, 2.24) is 0 Å². The van der Waals surface area contributed by atoms with Crippen molar-refractivity contribution in [2.45, 2.75) is 12.5 Å². The van der Waals surface area contributed by atoms with Gasteiger partial charge < -0.3 is 0 Å². The first kappa shape index (κ1) is 12.8. The number of rotatable bonds is 3. The molecule has 0 radical (unpaired) electrons. The highest BCUT2D eigenvalue weighted by molar-refractivity contribution is 5.34. The van der Waals surface area contributed by atoms with Crippen LogP contribution in [0.4, 0.5) is 0 Å². The molecule has 0 aliphatic carbocycles. The first-order valence-electron chi connectivity index (χ1n) is 6.03. The van der Waals surface area contributed by atoms with Crippen LogP contribution in [-0.4, -0.2) is 0 Å². The topological polar surface area (TPSA) is 48.8 Å². The molecule has 2 aromatic carbocycles. The minimum absolute atomic E-state index is 0.234. The molecule has 0 heterocycles. The van der Waals surface area contributed by atoms with Crippen LogP contribution in [-0.2, 0) is 0 Å². The molecule has 19 heavy (non-hydrogen) atoms. The number of hydrogen-bond acceptors (Lipinski definition) is 1. The Morgan fingerprint density at radius 3 is 2.26 bits per heavy atom. The molecular weight excluding hydrogens is 234 g/mol. The third kappa shape index (κ3) is 3.92. The van der Waals surface area contributed by atoms with E-state index in [2.05, 4.69) is 21.9 Å². The summed E-state index contributed by atoms with van der Waals surface area (Å²) in [4.78, 5) is 2.90. The zero-order valence-corrected chi connectivity index (χ0v) is 10.4. The van der Waals surface area contributed by atoms with Crippen molar-refractivity contribution in [2.75, 3.05) is 0 Å². The summed E-state index contributed by atoms with van der Waals surface area (Å²) in [5.74, 6) is 6.14. The lowest BCUT2D eigenvalue weighted by Crippen LogP contribution is -1.92. The second kappa shape index (κ2) is 6.90. The standard InChI is InChI=1S/C16H13N3/c17-19-18-16(15-11-5-2-6-12-15)13-7-10-14-8-3-1-4-9-14/h1-6,8-9,11-12,16H,13H2. The van der Waals surface area contributed by atoms with E-state index in [0.717, 1.165) is 11.1 Å². The highest BCUT2D eigenvalue weighted by Crippen LogP contribution is 2.20. The van der Waals surface area contributed by atoms with Gasteiger partial charge in [-0.05, 0) is 23.2 Å². The van der Waals surface area contributed by atoms with Crippen LogP contribution in [0.25, 0.3) is 10.4 Å². The molecule has 0 amide bonds. The van der Waals surface area contributed by atoms with Crippen molar-refractivity contribution in [1.29, 1.82) is 0 Å². The molecule has 2 rings (SSSR count). The van der Waals surface area contributed by atoms with Crippen molar-refractivity contribution in [3.63, 3.8) is 0 Å². The molecule has 2 aromatic rings. The van der Waals surface area contributed by atoms with Crippen LogP contribution >= 0.6 is 0 Å². The molecule has 0 N–H and O–H groups in total. The van der Waals surface area contributed by atoms with E-state index in [-0.39, 0.29) is 6.04 Å². The minimum Gasteiger partial charge on any atom is -0.0971 e. The Bertz CT molecular complexity index is 617. The van der Waals surface area contributed by atoms with E-state index in [1.807, 2.05) is 60.7 Å². The summed E-state index contributed by atoms with van der Waals surface area (Å²) >= 11 is 0. The normalized spacial score (nSPS) is 10.7. The van der Waals surface area contributed by atoms with Crippen LogP contribution in [0.5, 0.6) is 0 Å². The first-order chi connectivity index (χ1) is 9.40. The van der Waals surface area contributed by atoms with Gasteiger partial charge >= 0.3 is 0 Å². The van der Waals surface area contributed by atoms with E-state index in [1.165, 1.54) is 0 Å². The van der Waals surface area contributed by atoms with E-state index in [9.17, 15) is 0 Å². The number of benzene rings is 2. The Morgan fingerprint density at radius 1 is 1.00 bits per heavy atom. The van der Waals surface area contributed by atoms with E-state index < -0.39 is 0 Å². The molecule has 0 saturated heterocycles. The largest absolute Gasteiger partial charge is 0.0971 e. The maximum absolute atomic E-state index is 8.62. The Balaban J connectivity index is 2.11. The average Bonchev–Trinajstić information content (AvgIpc) is 2.48. The number of azide groups is 1. The third-order valence-electron chi connectivity index (χ3n) is 2.68. The fourth-order valence-electron chi connectivity index (χ4n) is 1.73. The molecule has 1 atom stereocenters. The Kier molecular flexibility index (Phi) is 4.64. The van der Waals surface area contributed by atoms with Crippen LogP contribution in [0.3, 0.4) is 0 Å². The second-order valence-corrected chi connectivity index (χ2v) is 4.00. The van der Waals surface area contributed by atoms with Crippen LogP contribution in [0.2, 0.25) is 0 Å². The van der Waals surface area contributed by atoms with Gasteiger partial charge in [-0.2, -0.15) is 0 Å². The summed E-state index contributed by atoms with van der Waals surface area (Å²) in [6.45, 7) is 0. The highest BCUT2D eigenvalue weighted by Gasteiger charge is 2.06. The molecule has 0 aliphatic heterocycles. The molecular formula is C16H13N3. The summed E-state index contributed by atoms with van der Waals surface area (Å²) < 4.78 is 0. The van der Waals surface area contributed by atoms with Gasteiger partial charge in [-0.3, -0.25) is 0 Å². The van der Waals surface area contributed by atoms with Crippen molar-refractivity contribution in [3.05, 3.63) is 82.2 Å². The molecule has 1 unspecified atom stereocenters. The maximum atomic E-state index is 8.62. The Morgan fingerprint density at radius 2 is 1.63 bits per heavy atom. The third-order valence-corrected chi connectivity index (χ3v) is 2.68. The molecule has 0 fully saturated rings. The first-order valence-corrected chi connectivity index (χ1v) is 6.03. The average molecular weight is 247 g/mol. The smallest absolute Gasteiger partial charge is 0.0734 e. The zero-order chi connectivity index (χ0) is 13.3. The second-order valence-electron chi connectivity index (χ2n) is 4.00.